The zero-order valence-corrected chi connectivity index (χ0v) is 17.1. The molecule has 6 heteroatoms. The highest BCUT2D eigenvalue weighted by Gasteiger charge is 2.13. The Labute approximate surface area is 171 Å². The first-order chi connectivity index (χ1) is 14.1. The lowest BCUT2D eigenvalue weighted by molar-refractivity contribution is 0.0697. The number of hydrogen-bond acceptors (Lipinski definition) is 4. The molecular weight excluding hydrogens is 364 g/mol. The van der Waals surface area contributed by atoms with E-state index in [1.807, 2.05) is 22.9 Å². The van der Waals surface area contributed by atoms with Crippen molar-refractivity contribution in [2.45, 2.75) is 58.9 Å². The van der Waals surface area contributed by atoms with Gasteiger partial charge in [0.15, 0.2) is 5.82 Å². The summed E-state index contributed by atoms with van der Waals surface area (Å²) in [5.74, 6) is 0.991. The van der Waals surface area contributed by atoms with Crippen LogP contribution in [0, 0.1) is 0 Å². The van der Waals surface area contributed by atoms with Crippen LogP contribution in [-0.4, -0.2) is 30.8 Å². The SMILES string of the molecule is CCCCc1nc(CCCC)n(Cc2ccc(-c3ccccc3C(=O)O)nc2)n1. The lowest BCUT2D eigenvalue weighted by atomic mass is 10.0. The fourth-order valence-corrected chi connectivity index (χ4v) is 3.26. The summed E-state index contributed by atoms with van der Waals surface area (Å²) in [7, 11) is 0. The van der Waals surface area contributed by atoms with Crippen LogP contribution in [0.3, 0.4) is 0 Å². The molecule has 0 saturated heterocycles. The maximum atomic E-state index is 11.5. The largest absolute Gasteiger partial charge is 0.478 e. The molecule has 1 aromatic carbocycles. The van der Waals surface area contributed by atoms with Crippen LogP contribution in [0.5, 0.6) is 0 Å². The highest BCUT2D eigenvalue weighted by atomic mass is 16.4. The van der Waals surface area contributed by atoms with Gasteiger partial charge in [-0.15, -0.1) is 0 Å². The van der Waals surface area contributed by atoms with Gasteiger partial charge in [-0.2, -0.15) is 5.10 Å². The third-order valence-electron chi connectivity index (χ3n) is 4.89. The van der Waals surface area contributed by atoms with E-state index in [9.17, 15) is 9.90 Å². The number of pyridine rings is 1. The van der Waals surface area contributed by atoms with Crippen molar-refractivity contribution in [1.29, 1.82) is 0 Å². The molecule has 0 aliphatic carbocycles. The van der Waals surface area contributed by atoms with Crippen molar-refractivity contribution in [1.82, 2.24) is 19.7 Å². The quantitative estimate of drug-likeness (QED) is 0.537. The van der Waals surface area contributed by atoms with Gasteiger partial charge in [-0.3, -0.25) is 4.98 Å². The molecular formula is C23H28N4O2. The van der Waals surface area contributed by atoms with Crippen LogP contribution in [0.15, 0.2) is 42.6 Å². The van der Waals surface area contributed by atoms with Crippen molar-refractivity contribution >= 4 is 5.97 Å². The number of aryl methyl sites for hydroxylation is 2. The van der Waals surface area contributed by atoms with E-state index in [1.165, 1.54) is 0 Å². The van der Waals surface area contributed by atoms with E-state index in [0.717, 1.165) is 55.7 Å². The second-order valence-corrected chi connectivity index (χ2v) is 7.21. The van der Waals surface area contributed by atoms with Crippen molar-refractivity contribution in [3.63, 3.8) is 0 Å². The predicted octanol–water partition coefficient (Wildman–Crippen LogP) is 4.77. The zero-order valence-electron chi connectivity index (χ0n) is 17.1. The van der Waals surface area contributed by atoms with Gasteiger partial charge < -0.3 is 5.11 Å². The highest BCUT2D eigenvalue weighted by molar-refractivity contribution is 5.95. The number of carbonyl (C=O) groups is 1. The minimum Gasteiger partial charge on any atom is -0.478 e. The molecule has 0 bridgehead atoms. The minimum absolute atomic E-state index is 0.256. The molecule has 2 heterocycles. The van der Waals surface area contributed by atoms with Gasteiger partial charge in [0.1, 0.15) is 5.82 Å². The average Bonchev–Trinajstić information content (AvgIpc) is 3.12. The third-order valence-corrected chi connectivity index (χ3v) is 4.89. The molecule has 6 nitrogen and oxygen atoms in total. The second kappa shape index (κ2) is 9.96. The lowest BCUT2D eigenvalue weighted by Gasteiger charge is -2.08. The number of unbranched alkanes of at least 4 members (excludes halogenated alkanes) is 2. The number of aromatic carboxylic acids is 1. The van der Waals surface area contributed by atoms with Gasteiger partial charge in [0.2, 0.25) is 0 Å². The molecule has 3 aromatic rings. The van der Waals surface area contributed by atoms with Crippen molar-refractivity contribution in [3.05, 3.63) is 65.4 Å². The summed E-state index contributed by atoms with van der Waals surface area (Å²) in [5, 5.41) is 14.1. The summed E-state index contributed by atoms with van der Waals surface area (Å²) in [5.41, 5.74) is 2.55. The van der Waals surface area contributed by atoms with Gasteiger partial charge in [-0.05, 0) is 30.5 Å². The van der Waals surface area contributed by atoms with Gasteiger partial charge >= 0.3 is 5.97 Å². The number of hydrogen-bond donors (Lipinski definition) is 1. The Balaban J connectivity index is 1.81. The van der Waals surface area contributed by atoms with Crippen molar-refractivity contribution in [3.8, 4) is 11.3 Å². The minimum atomic E-state index is -0.950. The monoisotopic (exact) mass is 392 g/mol. The predicted molar refractivity (Wildman–Crippen MR) is 113 cm³/mol. The lowest BCUT2D eigenvalue weighted by Crippen LogP contribution is -2.08. The summed E-state index contributed by atoms with van der Waals surface area (Å²) in [6.45, 7) is 4.97. The van der Waals surface area contributed by atoms with Crippen molar-refractivity contribution < 1.29 is 9.90 Å². The smallest absolute Gasteiger partial charge is 0.336 e. The van der Waals surface area contributed by atoms with Crippen molar-refractivity contribution in [2.24, 2.45) is 0 Å². The molecule has 0 fully saturated rings. The Kier molecular flexibility index (Phi) is 7.11. The molecule has 152 valence electrons. The van der Waals surface area contributed by atoms with Crippen LogP contribution in [-0.2, 0) is 19.4 Å². The van der Waals surface area contributed by atoms with E-state index < -0.39 is 5.97 Å². The topological polar surface area (TPSA) is 80.9 Å². The molecule has 0 unspecified atom stereocenters. The Morgan fingerprint density at radius 2 is 1.79 bits per heavy atom. The third kappa shape index (κ3) is 5.28. The van der Waals surface area contributed by atoms with E-state index in [0.29, 0.717) is 17.8 Å². The number of nitrogens with zero attached hydrogens (tertiary/aromatic N) is 4. The Morgan fingerprint density at radius 1 is 1.03 bits per heavy atom. The molecule has 2 aromatic heterocycles. The summed E-state index contributed by atoms with van der Waals surface area (Å²) in [6, 6.07) is 10.8. The summed E-state index contributed by atoms with van der Waals surface area (Å²) in [4.78, 5) is 20.7. The molecule has 0 atom stereocenters. The maximum Gasteiger partial charge on any atom is 0.336 e. The van der Waals surface area contributed by atoms with Crippen LogP contribution in [0.4, 0.5) is 0 Å². The van der Waals surface area contributed by atoms with Gasteiger partial charge in [0, 0.05) is 24.6 Å². The van der Waals surface area contributed by atoms with Gasteiger partial charge in [0.05, 0.1) is 17.8 Å². The molecule has 0 aliphatic heterocycles. The fraction of sp³-hybridized carbons (Fsp3) is 0.391. The molecule has 0 saturated carbocycles. The summed E-state index contributed by atoms with van der Waals surface area (Å²) >= 11 is 0. The first-order valence-electron chi connectivity index (χ1n) is 10.3. The van der Waals surface area contributed by atoms with Crippen LogP contribution in [0.1, 0.15) is 67.1 Å². The van der Waals surface area contributed by atoms with Crippen LogP contribution in [0.2, 0.25) is 0 Å². The van der Waals surface area contributed by atoms with Gasteiger partial charge in [0.25, 0.3) is 0 Å². The van der Waals surface area contributed by atoms with E-state index in [2.05, 4.69) is 18.8 Å². The molecule has 1 N–H and O–H groups in total. The van der Waals surface area contributed by atoms with E-state index >= 15 is 0 Å². The van der Waals surface area contributed by atoms with Gasteiger partial charge in [-0.1, -0.05) is 51.0 Å². The van der Waals surface area contributed by atoms with E-state index in [1.54, 1.807) is 24.4 Å². The standard InChI is InChI=1S/C23H28N4O2/c1-3-5-11-21-25-22(12-6-4-2)27(26-21)16-17-13-14-20(24-15-17)18-9-7-8-10-19(18)23(28)29/h7-10,13-15H,3-6,11-12,16H2,1-2H3,(H,28,29). The van der Waals surface area contributed by atoms with Gasteiger partial charge in [-0.25, -0.2) is 14.5 Å². The Morgan fingerprint density at radius 3 is 2.48 bits per heavy atom. The number of benzene rings is 1. The fourth-order valence-electron chi connectivity index (χ4n) is 3.26. The van der Waals surface area contributed by atoms with Crippen LogP contribution >= 0.6 is 0 Å². The van der Waals surface area contributed by atoms with E-state index in [-0.39, 0.29) is 5.56 Å². The number of rotatable bonds is 10. The van der Waals surface area contributed by atoms with Crippen LogP contribution in [0.25, 0.3) is 11.3 Å². The zero-order chi connectivity index (χ0) is 20.6. The van der Waals surface area contributed by atoms with Crippen molar-refractivity contribution in [2.75, 3.05) is 0 Å². The number of carboxylic acids is 1. The molecule has 29 heavy (non-hydrogen) atoms. The Hall–Kier alpha value is -3.02. The Bertz CT molecular complexity index is 948. The summed E-state index contributed by atoms with van der Waals surface area (Å²) < 4.78 is 1.99. The second-order valence-electron chi connectivity index (χ2n) is 7.21. The highest BCUT2D eigenvalue weighted by Crippen LogP contribution is 2.22. The first-order valence-corrected chi connectivity index (χ1v) is 10.3. The molecule has 0 spiro atoms. The first kappa shape index (κ1) is 20.7. The number of carboxylic acid groups (broad SMARTS) is 1. The molecule has 3 rings (SSSR count). The normalized spacial score (nSPS) is 11.0. The average molecular weight is 393 g/mol. The van der Waals surface area contributed by atoms with E-state index in [4.69, 9.17) is 10.1 Å². The number of aromatic nitrogens is 4. The van der Waals surface area contributed by atoms with Crippen LogP contribution < -0.4 is 0 Å². The molecule has 0 amide bonds. The maximum absolute atomic E-state index is 11.5. The molecule has 0 radical (unpaired) electrons. The summed E-state index contributed by atoms with van der Waals surface area (Å²) in [6.07, 6.45) is 8.06. The molecule has 0 aliphatic rings.